The van der Waals surface area contributed by atoms with Crippen LogP contribution in [0.25, 0.3) is 0 Å². The first-order valence-corrected chi connectivity index (χ1v) is 7.64. The minimum absolute atomic E-state index is 0.408. The maximum atomic E-state index is 12.2. The van der Waals surface area contributed by atoms with Gasteiger partial charge in [0.2, 0.25) is 0 Å². The molecule has 1 aliphatic carbocycles. The molecule has 0 aromatic heterocycles. The summed E-state index contributed by atoms with van der Waals surface area (Å²) >= 11 is 0. The molecule has 3 heteroatoms. The molecule has 90 valence electrons. The van der Waals surface area contributed by atoms with Crippen LogP contribution in [0.3, 0.4) is 0 Å². The number of hydrogen-bond donors (Lipinski definition) is 1. The zero-order chi connectivity index (χ0) is 11.3. The molecule has 2 nitrogen and oxygen atoms in total. The van der Waals surface area contributed by atoms with Gasteiger partial charge in [-0.05, 0) is 31.2 Å². The van der Waals surface area contributed by atoms with E-state index in [9.17, 15) is 4.21 Å². The molecule has 0 saturated heterocycles. The van der Waals surface area contributed by atoms with E-state index in [1.165, 1.54) is 32.1 Å². The molecule has 4 atom stereocenters. The highest BCUT2D eigenvalue weighted by Gasteiger charge is 2.28. The standard InChI is InChI=1S/C12H25NOS/c1-3-11-6-4-5-7-12(11)15(14)9-10(2)8-13/h10-12H,3-9,13H2,1-2H3. The third-order valence-electron chi connectivity index (χ3n) is 3.55. The van der Waals surface area contributed by atoms with Gasteiger partial charge in [-0.25, -0.2) is 0 Å². The Morgan fingerprint density at radius 2 is 2.07 bits per heavy atom. The fraction of sp³-hybridized carbons (Fsp3) is 1.00. The van der Waals surface area contributed by atoms with Gasteiger partial charge in [0, 0.05) is 21.8 Å². The Hall–Kier alpha value is 0.110. The van der Waals surface area contributed by atoms with E-state index >= 15 is 0 Å². The maximum absolute atomic E-state index is 12.2. The average Bonchev–Trinajstić information content (AvgIpc) is 2.28. The second kappa shape index (κ2) is 6.64. The van der Waals surface area contributed by atoms with Gasteiger partial charge in [-0.3, -0.25) is 4.21 Å². The first-order chi connectivity index (χ1) is 7.19. The van der Waals surface area contributed by atoms with Gasteiger partial charge in [0.25, 0.3) is 0 Å². The number of nitrogens with two attached hydrogens (primary N) is 1. The smallest absolute Gasteiger partial charge is 0.0376 e. The molecule has 0 radical (unpaired) electrons. The van der Waals surface area contributed by atoms with Gasteiger partial charge in [0.1, 0.15) is 0 Å². The summed E-state index contributed by atoms with van der Waals surface area (Å²) in [6, 6.07) is 0. The summed E-state index contributed by atoms with van der Waals surface area (Å²) in [6.07, 6.45) is 6.24. The van der Waals surface area contributed by atoms with Crippen LogP contribution in [-0.2, 0) is 10.8 Å². The Morgan fingerprint density at radius 3 is 2.67 bits per heavy atom. The molecule has 1 aliphatic rings. The maximum Gasteiger partial charge on any atom is 0.0376 e. The molecule has 2 N–H and O–H groups in total. The Bertz CT molecular complexity index is 208. The van der Waals surface area contributed by atoms with E-state index in [1.54, 1.807) is 0 Å². The Balaban J connectivity index is 2.48. The third kappa shape index (κ3) is 3.87. The summed E-state index contributed by atoms with van der Waals surface area (Å²) < 4.78 is 12.2. The second-order valence-electron chi connectivity index (χ2n) is 4.88. The first-order valence-electron chi connectivity index (χ1n) is 6.26. The SMILES string of the molecule is CCC1CCCCC1S(=O)CC(C)CN. The van der Waals surface area contributed by atoms with Crippen molar-refractivity contribution in [1.29, 1.82) is 0 Å². The van der Waals surface area contributed by atoms with Gasteiger partial charge < -0.3 is 5.73 Å². The van der Waals surface area contributed by atoms with E-state index in [1.807, 2.05) is 0 Å². The molecule has 0 aromatic rings. The van der Waals surface area contributed by atoms with Crippen molar-refractivity contribution in [2.45, 2.75) is 51.2 Å². The molecular formula is C12H25NOS. The van der Waals surface area contributed by atoms with Gasteiger partial charge >= 0.3 is 0 Å². The fourth-order valence-electron chi connectivity index (χ4n) is 2.46. The number of hydrogen-bond acceptors (Lipinski definition) is 2. The van der Waals surface area contributed by atoms with Crippen LogP contribution < -0.4 is 5.73 Å². The van der Waals surface area contributed by atoms with Crippen LogP contribution in [0.2, 0.25) is 0 Å². The molecule has 1 fully saturated rings. The monoisotopic (exact) mass is 231 g/mol. The van der Waals surface area contributed by atoms with Crippen LogP contribution in [0.4, 0.5) is 0 Å². The van der Waals surface area contributed by atoms with Crippen LogP contribution in [0.15, 0.2) is 0 Å². The molecule has 0 aromatic carbocycles. The van der Waals surface area contributed by atoms with Crippen molar-refractivity contribution in [1.82, 2.24) is 0 Å². The highest BCUT2D eigenvalue weighted by atomic mass is 32.2. The molecule has 0 bridgehead atoms. The summed E-state index contributed by atoms with van der Waals surface area (Å²) in [5.74, 6) is 1.91. The summed E-state index contributed by atoms with van der Waals surface area (Å²) in [5, 5.41) is 0.456. The van der Waals surface area contributed by atoms with Gasteiger partial charge in [0.15, 0.2) is 0 Å². The van der Waals surface area contributed by atoms with Crippen molar-refractivity contribution in [2.75, 3.05) is 12.3 Å². The van der Waals surface area contributed by atoms with Gasteiger partial charge in [0.05, 0.1) is 0 Å². The molecular weight excluding hydrogens is 206 g/mol. The third-order valence-corrected chi connectivity index (χ3v) is 5.75. The van der Waals surface area contributed by atoms with E-state index in [2.05, 4.69) is 13.8 Å². The van der Waals surface area contributed by atoms with Gasteiger partial charge in [-0.15, -0.1) is 0 Å². The predicted octanol–water partition coefficient (Wildman–Crippen LogP) is 2.30. The van der Waals surface area contributed by atoms with Gasteiger partial charge in [-0.1, -0.05) is 33.1 Å². The normalized spacial score (nSPS) is 31.1. The van der Waals surface area contributed by atoms with Crippen molar-refractivity contribution in [3.8, 4) is 0 Å². The molecule has 1 rings (SSSR count). The zero-order valence-corrected chi connectivity index (χ0v) is 10.9. The van der Waals surface area contributed by atoms with E-state index in [0.717, 1.165) is 5.75 Å². The first kappa shape index (κ1) is 13.2. The van der Waals surface area contributed by atoms with Crippen molar-refractivity contribution < 1.29 is 4.21 Å². The summed E-state index contributed by atoms with van der Waals surface area (Å²) in [5.41, 5.74) is 5.58. The molecule has 0 aliphatic heterocycles. The lowest BCUT2D eigenvalue weighted by molar-refractivity contribution is 0.355. The molecule has 1 saturated carbocycles. The van der Waals surface area contributed by atoms with Crippen molar-refractivity contribution >= 4 is 10.8 Å². The molecule has 0 heterocycles. The van der Waals surface area contributed by atoms with Crippen LogP contribution in [0.5, 0.6) is 0 Å². The van der Waals surface area contributed by atoms with Crippen molar-refractivity contribution in [3.05, 3.63) is 0 Å². The molecule has 15 heavy (non-hydrogen) atoms. The van der Waals surface area contributed by atoms with E-state index in [4.69, 9.17) is 5.73 Å². The Labute approximate surface area is 96.5 Å². The largest absolute Gasteiger partial charge is 0.330 e. The predicted molar refractivity (Wildman–Crippen MR) is 67.3 cm³/mol. The summed E-state index contributed by atoms with van der Waals surface area (Å²) in [4.78, 5) is 0. The van der Waals surface area contributed by atoms with Gasteiger partial charge in [-0.2, -0.15) is 0 Å². The van der Waals surface area contributed by atoms with Crippen LogP contribution >= 0.6 is 0 Å². The van der Waals surface area contributed by atoms with Crippen LogP contribution in [0.1, 0.15) is 46.0 Å². The van der Waals surface area contributed by atoms with Crippen LogP contribution in [0, 0.1) is 11.8 Å². The summed E-state index contributed by atoms with van der Waals surface area (Å²) in [6.45, 7) is 4.99. The van der Waals surface area contributed by atoms with Crippen LogP contribution in [-0.4, -0.2) is 21.8 Å². The minimum Gasteiger partial charge on any atom is -0.330 e. The zero-order valence-electron chi connectivity index (χ0n) is 10.1. The van der Waals surface area contributed by atoms with E-state index in [0.29, 0.717) is 23.6 Å². The second-order valence-corrected chi connectivity index (χ2v) is 6.58. The van der Waals surface area contributed by atoms with Crippen molar-refractivity contribution in [2.24, 2.45) is 17.6 Å². The van der Waals surface area contributed by atoms with Crippen molar-refractivity contribution in [3.63, 3.8) is 0 Å². The summed E-state index contributed by atoms with van der Waals surface area (Å²) in [7, 11) is -0.646. The highest BCUT2D eigenvalue weighted by Crippen LogP contribution is 2.30. The highest BCUT2D eigenvalue weighted by molar-refractivity contribution is 7.85. The van der Waals surface area contributed by atoms with E-state index < -0.39 is 10.8 Å². The van der Waals surface area contributed by atoms with E-state index in [-0.39, 0.29) is 0 Å². The topological polar surface area (TPSA) is 43.1 Å². The molecule has 4 unspecified atom stereocenters. The lowest BCUT2D eigenvalue weighted by Crippen LogP contribution is -2.32. The lowest BCUT2D eigenvalue weighted by atomic mass is 9.87. The molecule has 0 amide bonds. The Kier molecular flexibility index (Phi) is 5.83. The lowest BCUT2D eigenvalue weighted by Gasteiger charge is -2.30. The molecule has 0 spiro atoms. The average molecular weight is 231 g/mol. The quantitative estimate of drug-likeness (QED) is 0.789. The Morgan fingerprint density at radius 1 is 1.40 bits per heavy atom. The number of rotatable bonds is 5. The fourth-order valence-corrected chi connectivity index (χ4v) is 4.59. The minimum atomic E-state index is -0.646.